The lowest BCUT2D eigenvalue weighted by atomic mass is 10.1. The van der Waals surface area contributed by atoms with Crippen LogP contribution in [0.2, 0.25) is 0 Å². The van der Waals surface area contributed by atoms with E-state index in [0.717, 1.165) is 5.56 Å². The average Bonchev–Trinajstić information content (AvgIpc) is 2.93. The van der Waals surface area contributed by atoms with Crippen molar-refractivity contribution in [3.8, 4) is 0 Å². The Bertz CT molecular complexity index is 612. The van der Waals surface area contributed by atoms with Gasteiger partial charge >= 0.3 is 0 Å². The lowest BCUT2D eigenvalue weighted by molar-refractivity contribution is -0.124. The summed E-state index contributed by atoms with van der Waals surface area (Å²) in [6.45, 7) is 2.73. The highest BCUT2D eigenvalue weighted by molar-refractivity contribution is 5.80. The lowest BCUT2D eigenvalue weighted by Gasteiger charge is -2.17. The highest BCUT2D eigenvalue weighted by Crippen LogP contribution is 2.15. The molecule has 7 nitrogen and oxygen atoms in total. The summed E-state index contributed by atoms with van der Waals surface area (Å²) >= 11 is 0. The van der Waals surface area contributed by atoms with Crippen LogP contribution >= 0.6 is 0 Å². The zero-order chi connectivity index (χ0) is 15.9. The molecule has 0 bridgehead atoms. The minimum Gasteiger partial charge on any atom is -0.354 e. The largest absolute Gasteiger partial charge is 0.354 e. The molecule has 2 rings (SSSR count). The number of hydrogen-bond acceptors (Lipinski definition) is 5. The maximum atomic E-state index is 13.0. The predicted molar refractivity (Wildman–Crippen MR) is 78.4 cm³/mol. The normalized spacial score (nSPS) is 12.1. The van der Waals surface area contributed by atoms with Gasteiger partial charge in [0.25, 0.3) is 0 Å². The van der Waals surface area contributed by atoms with Crippen molar-refractivity contribution in [3.63, 3.8) is 0 Å². The summed E-state index contributed by atoms with van der Waals surface area (Å²) in [4.78, 5) is 12.4. The van der Waals surface area contributed by atoms with E-state index in [4.69, 9.17) is 5.73 Å². The average molecular weight is 306 g/mol. The Morgan fingerprint density at radius 1 is 1.41 bits per heavy atom. The summed E-state index contributed by atoms with van der Waals surface area (Å²) < 4.78 is 14.5. The maximum Gasteiger partial charge on any atom is 0.245 e. The van der Waals surface area contributed by atoms with Crippen molar-refractivity contribution < 1.29 is 9.18 Å². The summed E-state index contributed by atoms with van der Waals surface area (Å²) in [5.74, 6) is 0.0422. The Hall–Kier alpha value is -2.35. The third-order valence-electron chi connectivity index (χ3n) is 3.28. The van der Waals surface area contributed by atoms with Crippen LogP contribution in [-0.4, -0.2) is 39.2 Å². The molecule has 0 aliphatic rings. The molecule has 22 heavy (non-hydrogen) atoms. The van der Waals surface area contributed by atoms with E-state index < -0.39 is 6.04 Å². The van der Waals surface area contributed by atoms with Gasteiger partial charge in [0.1, 0.15) is 17.7 Å². The first-order valence-electron chi connectivity index (χ1n) is 7.08. The van der Waals surface area contributed by atoms with Crippen LogP contribution in [0.4, 0.5) is 4.39 Å². The number of nitrogens with one attached hydrogen (secondary N) is 1. The molecule has 0 saturated heterocycles. The Kier molecular flexibility index (Phi) is 5.54. The van der Waals surface area contributed by atoms with Crippen molar-refractivity contribution in [2.75, 3.05) is 13.1 Å². The minimum atomic E-state index is -0.585. The minimum absolute atomic E-state index is 0.187. The summed E-state index contributed by atoms with van der Waals surface area (Å²) in [6.07, 6.45) is 1.07. The molecule has 0 spiro atoms. The second kappa shape index (κ2) is 7.60. The fourth-order valence-electron chi connectivity index (χ4n) is 2.09. The van der Waals surface area contributed by atoms with Gasteiger partial charge in [0, 0.05) is 13.0 Å². The van der Waals surface area contributed by atoms with E-state index in [0.29, 0.717) is 31.8 Å². The van der Waals surface area contributed by atoms with E-state index in [9.17, 15) is 9.18 Å². The van der Waals surface area contributed by atoms with Crippen LogP contribution < -0.4 is 11.1 Å². The van der Waals surface area contributed by atoms with Crippen LogP contribution in [-0.2, 0) is 11.2 Å². The first kappa shape index (κ1) is 16.0. The second-order valence-electron chi connectivity index (χ2n) is 4.95. The van der Waals surface area contributed by atoms with Gasteiger partial charge in [-0.05, 0) is 48.0 Å². The topological polar surface area (TPSA) is 98.7 Å². The number of rotatable bonds is 7. The van der Waals surface area contributed by atoms with E-state index in [1.54, 1.807) is 19.1 Å². The molecule has 8 heteroatoms. The summed E-state index contributed by atoms with van der Waals surface area (Å²) in [5.41, 5.74) is 6.25. The molecule has 1 aromatic heterocycles. The van der Waals surface area contributed by atoms with Crippen molar-refractivity contribution in [2.45, 2.75) is 25.8 Å². The van der Waals surface area contributed by atoms with Crippen LogP contribution in [0.3, 0.4) is 0 Å². The molecule has 0 saturated carbocycles. The quantitative estimate of drug-likeness (QED) is 0.720. The number of nitrogens with zero attached hydrogens (tertiary/aromatic N) is 4. The van der Waals surface area contributed by atoms with Crippen molar-refractivity contribution in [1.82, 2.24) is 25.5 Å². The highest BCUT2D eigenvalue weighted by atomic mass is 19.1. The molecule has 1 aromatic carbocycles. The molecule has 2 aromatic rings. The Morgan fingerprint density at radius 3 is 2.73 bits per heavy atom. The number of aryl methyl sites for hydroxylation is 1. The summed E-state index contributed by atoms with van der Waals surface area (Å²) in [5, 5.41) is 14.1. The van der Waals surface area contributed by atoms with Gasteiger partial charge in [0.15, 0.2) is 0 Å². The number of aromatic nitrogens is 4. The van der Waals surface area contributed by atoms with Crippen LogP contribution in [0, 0.1) is 12.7 Å². The van der Waals surface area contributed by atoms with Gasteiger partial charge in [0.2, 0.25) is 5.91 Å². The SMILES string of the molecule is Cc1nnnn1C(Cc1ccc(F)cc1)C(=O)NCCCN. The number of carbonyl (C=O) groups excluding carboxylic acids is 1. The van der Waals surface area contributed by atoms with Crippen LogP contribution in [0.25, 0.3) is 0 Å². The van der Waals surface area contributed by atoms with E-state index in [1.165, 1.54) is 16.8 Å². The van der Waals surface area contributed by atoms with Gasteiger partial charge in [-0.1, -0.05) is 12.1 Å². The number of amides is 1. The fraction of sp³-hybridized carbons (Fsp3) is 0.429. The van der Waals surface area contributed by atoms with Crippen LogP contribution in [0.15, 0.2) is 24.3 Å². The zero-order valence-electron chi connectivity index (χ0n) is 12.4. The molecule has 0 fully saturated rings. The smallest absolute Gasteiger partial charge is 0.245 e. The Morgan fingerprint density at radius 2 is 2.14 bits per heavy atom. The fourth-order valence-corrected chi connectivity index (χ4v) is 2.09. The molecular formula is C14H19FN6O. The molecule has 3 N–H and O–H groups in total. The standard InChI is InChI=1S/C14H19FN6O/c1-10-18-19-20-21(10)13(14(22)17-8-2-7-16)9-11-3-5-12(15)6-4-11/h3-6,13H,2,7-9,16H2,1H3,(H,17,22). The maximum absolute atomic E-state index is 13.0. The van der Waals surface area contributed by atoms with Crippen LogP contribution in [0.5, 0.6) is 0 Å². The van der Waals surface area contributed by atoms with Crippen molar-refractivity contribution in [2.24, 2.45) is 5.73 Å². The number of halogens is 1. The third-order valence-corrected chi connectivity index (χ3v) is 3.28. The number of benzene rings is 1. The van der Waals surface area contributed by atoms with Gasteiger partial charge in [-0.2, -0.15) is 0 Å². The lowest BCUT2D eigenvalue weighted by Crippen LogP contribution is -2.36. The van der Waals surface area contributed by atoms with E-state index in [1.807, 2.05) is 0 Å². The molecule has 1 unspecified atom stereocenters. The van der Waals surface area contributed by atoms with Gasteiger partial charge in [-0.25, -0.2) is 9.07 Å². The zero-order valence-corrected chi connectivity index (χ0v) is 12.4. The molecule has 1 atom stereocenters. The van der Waals surface area contributed by atoms with Gasteiger partial charge < -0.3 is 11.1 Å². The summed E-state index contributed by atoms with van der Waals surface area (Å²) in [6, 6.07) is 5.44. The molecular weight excluding hydrogens is 287 g/mol. The summed E-state index contributed by atoms with van der Waals surface area (Å²) in [7, 11) is 0. The number of carbonyl (C=O) groups is 1. The Balaban J connectivity index is 2.16. The molecule has 0 aliphatic heterocycles. The van der Waals surface area contributed by atoms with E-state index in [-0.39, 0.29) is 11.7 Å². The number of tetrazole rings is 1. The van der Waals surface area contributed by atoms with E-state index >= 15 is 0 Å². The molecule has 0 aliphatic carbocycles. The number of hydrogen-bond donors (Lipinski definition) is 2. The molecule has 118 valence electrons. The van der Waals surface area contributed by atoms with Crippen molar-refractivity contribution in [1.29, 1.82) is 0 Å². The van der Waals surface area contributed by atoms with Gasteiger partial charge in [0.05, 0.1) is 0 Å². The molecule has 1 heterocycles. The molecule has 0 radical (unpaired) electrons. The first-order valence-corrected chi connectivity index (χ1v) is 7.08. The molecule has 1 amide bonds. The van der Waals surface area contributed by atoms with Crippen molar-refractivity contribution in [3.05, 3.63) is 41.5 Å². The van der Waals surface area contributed by atoms with Crippen molar-refractivity contribution >= 4 is 5.91 Å². The first-order chi connectivity index (χ1) is 10.6. The van der Waals surface area contributed by atoms with Gasteiger partial charge in [-0.3, -0.25) is 4.79 Å². The van der Waals surface area contributed by atoms with Crippen LogP contribution in [0.1, 0.15) is 23.9 Å². The third kappa shape index (κ3) is 4.08. The predicted octanol–water partition coefficient (Wildman–Crippen LogP) is 0.369. The Labute approximate surface area is 127 Å². The highest BCUT2D eigenvalue weighted by Gasteiger charge is 2.23. The second-order valence-corrected chi connectivity index (χ2v) is 4.95. The number of nitrogens with two attached hydrogens (primary N) is 1. The van der Waals surface area contributed by atoms with Gasteiger partial charge in [-0.15, -0.1) is 5.10 Å². The van der Waals surface area contributed by atoms with E-state index in [2.05, 4.69) is 20.8 Å². The monoisotopic (exact) mass is 306 g/mol.